The van der Waals surface area contributed by atoms with Crippen LogP contribution in [0, 0.1) is 0 Å². The molecule has 5 rings (SSSR count). The van der Waals surface area contributed by atoms with E-state index in [9.17, 15) is 4.79 Å². The average molecular weight is 458 g/mol. The molecule has 0 spiro atoms. The van der Waals surface area contributed by atoms with Crippen LogP contribution < -0.4 is 10.6 Å². The van der Waals surface area contributed by atoms with Gasteiger partial charge in [-0.15, -0.1) is 0 Å². The summed E-state index contributed by atoms with van der Waals surface area (Å²) in [5, 5.41) is 3.98. The number of hydrogen-bond donors (Lipinski definition) is 1. The Kier molecular flexibility index (Phi) is 5.81. The van der Waals surface area contributed by atoms with E-state index < -0.39 is 5.97 Å². The van der Waals surface area contributed by atoms with Crippen LogP contribution in [0.15, 0.2) is 53.2 Å². The molecule has 0 atom stereocenters. The van der Waals surface area contributed by atoms with Crippen molar-refractivity contribution in [3.63, 3.8) is 0 Å². The van der Waals surface area contributed by atoms with Crippen LogP contribution in [0.5, 0.6) is 0 Å². The summed E-state index contributed by atoms with van der Waals surface area (Å²) in [6.07, 6.45) is 5.31. The predicted octanol–water partition coefficient (Wildman–Crippen LogP) is 3.43. The lowest BCUT2D eigenvalue weighted by atomic mass is 10.2. The van der Waals surface area contributed by atoms with Crippen molar-refractivity contribution in [2.24, 2.45) is 0 Å². The number of aromatic nitrogens is 6. The second kappa shape index (κ2) is 9.22. The summed E-state index contributed by atoms with van der Waals surface area (Å²) in [4.78, 5) is 36.0. The number of nitrogens with zero attached hydrogens (tertiary/aromatic N) is 7. The number of ether oxygens (including phenoxy) is 1. The summed E-state index contributed by atoms with van der Waals surface area (Å²) in [5.41, 5.74) is 7.27. The quantitative estimate of drug-likeness (QED) is 0.424. The number of nitrogen functional groups attached to an aromatic ring is 1. The Labute approximate surface area is 195 Å². The standard InChI is InChI=1S/C23H22N8O3/c1-31(14-8-3-2-4-9-14)23-28-18(27-22(24)29-23)19-26-20(34-30-19)17-16(12-7-13-25-17)21(32)33-15-10-5-6-11-15/h2-4,7-9,12-13,15H,5-6,10-11H2,1H3,(H2,24,27,28,29). The van der Waals surface area contributed by atoms with Crippen molar-refractivity contribution < 1.29 is 14.1 Å². The minimum absolute atomic E-state index is 0.00722. The molecule has 0 amide bonds. The molecule has 172 valence electrons. The Hall–Kier alpha value is -4.41. The molecule has 0 saturated heterocycles. The minimum Gasteiger partial charge on any atom is -0.459 e. The van der Waals surface area contributed by atoms with Crippen molar-refractivity contribution in [2.45, 2.75) is 31.8 Å². The van der Waals surface area contributed by atoms with Crippen molar-refractivity contribution in [3.8, 4) is 23.2 Å². The van der Waals surface area contributed by atoms with Crippen molar-refractivity contribution >= 4 is 23.6 Å². The number of carbonyl (C=O) groups is 1. The van der Waals surface area contributed by atoms with Gasteiger partial charge in [-0.25, -0.2) is 4.79 Å². The normalized spacial score (nSPS) is 13.7. The van der Waals surface area contributed by atoms with Crippen LogP contribution in [-0.2, 0) is 4.74 Å². The van der Waals surface area contributed by atoms with Crippen LogP contribution in [0.2, 0.25) is 0 Å². The van der Waals surface area contributed by atoms with E-state index in [1.54, 1.807) is 23.2 Å². The smallest absolute Gasteiger partial charge is 0.340 e. The number of esters is 1. The number of hydrogen-bond acceptors (Lipinski definition) is 11. The fraction of sp³-hybridized carbons (Fsp3) is 0.261. The van der Waals surface area contributed by atoms with Gasteiger partial charge < -0.3 is 19.9 Å². The van der Waals surface area contributed by atoms with Crippen LogP contribution in [-0.4, -0.2) is 49.2 Å². The van der Waals surface area contributed by atoms with Crippen LogP contribution in [0.4, 0.5) is 17.6 Å². The molecule has 1 saturated carbocycles. The summed E-state index contributed by atoms with van der Waals surface area (Å²) >= 11 is 0. The molecule has 2 N–H and O–H groups in total. The predicted molar refractivity (Wildman–Crippen MR) is 123 cm³/mol. The highest BCUT2D eigenvalue weighted by molar-refractivity contribution is 5.95. The first kappa shape index (κ1) is 21.4. The van der Waals surface area contributed by atoms with Gasteiger partial charge >= 0.3 is 5.97 Å². The van der Waals surface area contributed by atoms with E-state index in [0.717, 1.165) is 31.4 Å². The second-order valence-electron chi connectivity index (χ2n) is 7.85. The highest BCUT2D eigenvalue weighted by Gasteiger charge is 2.25. The van der Waals surface area contributed by atoms with Crippen LogP contribution >= 0.6 is 0 Å². The minimum atomic E-state index is -0.467. The Morgan fingerprint density at radius 2 is 1.82 bits per heavy atom. The van der Waals surface area contributed by atoms with Gasteiger partial charge in [0.05, 0.1) is 5.56 Å². The monoisotopic (exact) mass is 458 g/mol. The molecular formula is C23H22N8O3. The van der Waals surface area contributed by atoms with Gasteiger partial charge in [0.25, 0.3) is 5.89 Å². The number of anilines is 3. The third kappa shape index (κ3) is 4.40. The number of pyridine rings is 1. The Morgan fingerprint density at radius 3 is 2.62 bits per heavy atom. The second-order valence-corrected chi connectivity index (χ2v) is 7.85. The fourth-order valence-corrected chi connectivity index (χ4v) is 3.77. The molecule has 11 nitrogen and oxygen atoms in total. The zero-order valence-electron chi connectivity index (χ0n) is 18.5. The van der Waals surface area contributed by atoms with E-state index >= 15 is 0 Å². The van der Waals surface area contributed by atoms with Gasteiger partial charge in [0.1, 0.15) is 11.8 Å². The molecule has 1 aliphatic rings. The molecule has 34 heavy (non-hydrogen) atoms. The largest absolute Gasteiger partial charge is 0.459 e. The van der Waals surface area contributed by atoms with E-state index in [1.807, 2.05) is 37.4 Å². The molecule has 0 aliphatic heterocycles. The van der Waals surface area contributed by atoms with Crippen LogP contribution in [0.1, 0.15) is 36.0 Å². The van der Waals surface area contributed by atoms with Gasteiger partial charge in [0.2, 0.25) is 23.5 Å². The summed E-state index contributed by atoms with van der Waals surface area (Å²) in [6.45, 7) is 0. The Balaban J connectivity index is 1.44. The first-order valence-corrected chi connectivity index (χ1v) is 10.9. The SMILES string of the molecule is CN(c1ccccc1)c1nc(N)nc(-c2noc(-c3ncccc3C(=O)OC3CCCC3)n2)n1. The maximum absolute atomic E-state index is 12.8. The van der Waals surface area contributed by atoms with Gasteiger partial charge in [-0.05, 0) is 49.9 Å². The lowest BCUT2D eigenvalue weighted by Crippen LogP contribution is -2.16. The molecule has 1 aliphatic carbocycles. The fourth-order valence-electron chi connectivity index (χ4n) is 3.77. The third-order valence-corrected chi connectivity index (χ3v) is 5.52. The lowest BCUT2D eigenvalue weighted by molar-refractivity contribution is 0.0318. The molecule has 0 radical (unpaired) electrons. The van der Waals surface area contributed by atoms with Crippen molar-refractivity contribution in [2.75, 3.05) is 17.7 Å². The maximum atomic E-state index is 12.8. The molecule has 1 aromatic carbocycles. The van der Waals surface area contributed by atoms with E-state index in [2.05, 4.69) is 30.1 Å². The van der Waals surface area contributed by atoms with Gasteiger partial charge in [0, 0.05) is 18.9 Å². The number of nitrogens with two attached hydrogens (primary N) is 1. The van der Waals surface area contributed by atoms with Gasteiger partial charge in [-0.1, -0.05) is 23.4 Å². The summed E-state index contributed by atoms with van der Waals surface area (Å²) in [5.74, 6) is 0.127. The zero-order chi connectivity index (χ0) is 23.5. The third-order valence-electron chi connectivity index (χ3n) is 5.52. The molecule has 11 heteroatoms. The van der Waals surface area contributed by atoms with Crippen molar-refractivity contribution in [3.05, 3.63) is 54.2 Å². The summed E-state index contributed by atoms with van der Waals surface area (Å²) in [6, 6.07) is 12.8. The highest BCUT2D eigenvalue weighted by atomic mass is 16.5. The number of carbonyl (C=O) groups excluding carboxylic acids is 1. The maximum Gasteiger partial charge on any atom is 0.340 e. The van der Waals surface area contributed by atoms with E-state index in [0.29, 0.717) is 5.95 Å². The summed E-state index contributed by atoms with van der Waals surface area (Å²) < 4.78 is 11.0. The Bertz CT molecular complexity index is 1300. The van der Waals surface area contributed by atoms with E-state index in [4.69, 9.17) is 15.0 Å². The first-order valence-electron chi connectivity index (χ1n) is 10.9. The van der Waals surface area contributed by atoms with Crippen molar-refractivity contribution in [1.29, 1.82) is 0 Å². The molecule has 3 heterocycles. The number of benzene rings is 1. The summed E-state index contributed by atoms with van der Waals surface area (Å²) in [7, 11) is 1.81. The van der Waals surface area contributed by atoms with Gasteiger partial charge in [-0.3, -0.25) is 4.98 Å². The number of rotatable bonds is 6. The molecule has 0 bridgehead atoms. The van der Waals surface area contributed by atoms with Gasteiger partial charge in [0.15, 0.2) is 0 Å². The Morgan fingerprint density at radius 1 is 1.03 bits per heavy atom. The molecular weight excluding hydrogens is 436 g/mol. The average Bonchev–Trinajstić information content (AvgIpc) is 3.56. The topological polar surface area (TPSA) is 146 Å². The van der Waals surface area contributed by atoms with Crippen LogP contribution in [0.3, 0.4) is 0 Å². The molecule has 4 aromatic rings. The van der Waals surface area contributed by atoms with Crippen molar-refractivity contribution in [1.82, 2.24) is 30.1 Å². The van der Waals surface area contributed by atoms with Crippen LogP contribution in [0.25, 0.3) is 23.2 Å². The lowest BCUT2D eigenvalue weighted by Gasteiger charge is -2.17. The molecule has 1 fully saturated rings. The zero-order valence-corrected chi connectivity index (χ0v) is 18.5. The highest BCUT2D eigenvalue weighted by Crippen LogP contribution is 2.27. The van der Waals surface area contributed by atoms with E-state index in [1.165, 1.54) is 0 Å². The van der Waals surface area contributed by atoms with E-state index in [-0.39, 0.29) is 40.8 Å². The van der Waals surface area contributed by atoms with Gasteiger partial charge in [-0.2, -0.15) is 19.9 Å². The molecule has 3 aromatic heterocycles. The first-order chi connectivity index (χ1) is 16.6. The number of para-hydroxylation sites is 1. The molecule has 0 unspecified atom stereocenters.